The van der Waals surface area contributed by atoms with E-state index in [4.69, 9.17) is 34.8 Å². The number of carbonyl (C=O) groups is 1. The van der Waals surface area contributed by atoms with Crippen molar-refractivity contribution in [1.29, 1.82) is 0 Å². The summed E-state index contributed by atoms with van der Waals surface area (Å²) >= 11 is 19.4. The lowest BCUT2D eigenvalue weighted by Gasteiger charge is -2.28. The molecule has 0 bridgehead atoms. The second-order valence-electron chi connectivity index (χ2n) is 4.83. The molecule has 0 amide bonds. The molecule has 0 radical (unpaired) electrons. The van der Waals surface area contributed by atoms with Gasteiger partial charge in [-0.3, -0.25) is 9.10 Å². The summed E-state index contributed by atoms with van der Waals surface area (Å²) in [5.74, 6) is 0. The Labute approximate surface area is 168 Å². The summed E-state index contributed by atoms with van der Waals surface area (Å²) in [5, 5.41) is -0.458. The maximum atomic E-state index is 13.0. The first-order valence-corrected chi connectivity index (χ1v) is 10.2. The lowest BCUT2D eigenvalue weighted by molar-refractivity contribution is -0.112. The first-order valence-electron chi connectivity index (χ1n) is 6.59. The van der Waals surface area contributed by atoms with Crippen LogP contribution in [0.1, 0.15) is 6.92 Å². The number of halogens is 4. The summed E-state index contributed by atoms with van der Waals surface area (Å²) in [6.07, 6.45) is 0. The third-order valence-electron chi connectivity index (χ3n) is 3.21. The molecule has 2 aromatic rings. The van der Waals surface area contributed by atoms with Gasteiger partial charge in [-0.1, -0.05) is 23.2 Å². The van der Waals surface area contributed by atoms with E-state index in [1.807, 2.05) is 0 Å². The zero-order valence-electron chi connectivity index (χ0n) is 12.2. The molecular formula is C15H11Cl3INO3S. The second kappa shape index (κ2) is 7.78. The number of nitrogens with zero attached hydrogens (tertiary/aromatic N) is 1. The average molecular weight is 519 g/mol. The fourth-order valence-electron chi connectivity index (χ4n) is 2.00. The highest BCUT2D eigenvalue weighted by Crippen LogP contribution is 2.31. The predicted octanol–water partition coefficient (Wildman–Crippen LogP) is 4.95. The maximum absolute atomic E-state index is 13.0. The molecule has 4 nitrogen and oxygen atoms in total. The van der Waals surface area contributed by atoms with Crippen molar-refractivity contribution in [3.05, 3.63) is 56.1 Å². The summed E-state index contributed by atoms with van der Waals surface area (Å²) in [7, 11) is -4.07. The van der Waals surface area contributed by atoms with Crippen LogP contribution in [-0.2, 0) is 14.8 Å². The van der Waals surface area contributed by atoms with E-state index in [1.165, 1.54) is 25.1 Å². The largest absolute Gasteiger partial charge is 0.279 e. The number of carbonyl (C=O) groups excluding carboxylic acids is 1. The molecule has 0 saturated carbocycles. The van der Waals surface area contributed by atoms with Crippen LogP contribution in [0.4, 0.5) is 5.69 Å². The molecule has 0 aromatic heterocycles. The van der Waals surface area contributed by atoms with E-state index in [9.17, 15) is 13.2 Å². The van der Waals surface area contributed by atoms with E-state index < -0.39 is 21.3 Å². The Bertz CT molecular complexity index is 872. The number of anilines is 1. The highest BCUT2D eigenvalue weighted by atomic mass is 127. The van der Waals surface area contributed by atoms with E-state index in [1.54, 1.807) is 24.3 Å². The number of benzene rings is 2. The number of hydrogen-bond acceptors (Lipinski definition) is 3. The zero-order valence-corrected chi connectivity index (χ0v) is 17.5. The fraction of sp³-hybridized carbons (Fsp3) is 0.133. The van der Waals surface area contributed by atoms with Crippen LogP contribution in [0, 0.1) is 3.57 Å². The molecule has 0 saturated heterocycles. The van der Waals surface area contributed by atoms with E-state index in [0.29, 0.717) is 5.69 Å². The Morgan fingerprint density at radius 1 is 1.08 bits per heavy atom. The van der Waals surface area contributed by atoms with Gasteiger partial charge in [0.1, 0.15) is 6.04 Å². The molecule has 0 aliphatic heterocycles. The molecule has 0 aliphatic carbocycles. The summed E-state index contributed by atoms with van der Waals surface area (Å²) in [6, 6.07) is 9.54. The van der Waals surface area contributed by atoms with Crippen LogP contribution in [0.3, 0.4) is 0 Å². The van der Waals surface area contributed by atoms with Crippen molar-refractivity contribution in [2.75, 3.05) is 4.31 Å². The Hall–Kier alpha value is -0.540. The molecule has 0 spiro atoms. The lowest BCUT2D eigenvalue weighted by Crippen LogP contribution is -2.42. The Balaban J connectivity index is 2.62. The Morgan fingerprint density at radius 3 is 2.17 bits per heavy atom. The number of sulfonamides is 1. The van der Waals surface area contributed by atoms with E-state index in [2.05, 4.69) is 22.6 Å². The van der Waals surface area contributed by atoms with Crippen molar-refractivity contribution in [2.45, 2.75) is 17.9 Å². The van der Waals surface area contributed by atoms with Gasteiger partial charge in [-0.2, -0.15) is 0 Å². The average Bonchev–Trinajstić information content (AvgIpc) is 2.51. The third-order valence-corrected chi connectivity index (χ3v) is 6.88. The molecule has 1 atom stereocenters. The molecule has 128 valence electrons. The predicted molar refractivity (Wildman–Crippen MR) is 106 cm³/mol. The van der Waals surface area contributed by atoms with Gasteiger partial charge in [0.05, 0.1) is 20.6 Å². The van der Waals surface area contributed by atoms with Crippen LogP contribution in [0.5, 0.6) is 0 Å². The van der Waals surface area contributed by atoms with Gasteiger partial charge in [-0.25, -0.2) is 8.42 Å². The van der Waals surface area contributed by atoms with Gasteiger partial charge in [0, 0.05) is 3.57 Å². The normalized spacial score (nSPS) is 12.7. The number of rotatable bonds is 5. The van der Waals surface area contributed by atoms with Crippen molar-refractivity contribution in [3.8, 4) is 0 Å². The molecule has 0 aliphatic rings. The minimum absolute atomic E-state index is 0.0831. The van der Waals surface area contributed by atoms with E-state index in [0.717, 1.165) is 7.88 Å². The summed E-state index contributed by atoms with van der Waals surface area (Å²) in [5.41, 5.74) is 0.322. The van der Waals surface area contributed by atoms with Crippen molar-refractivity contribution in [1.82, 2.24) is 0 Å². The highest BCUT2D eigenvalue weighted by Gasteiger charge is 2.33. The van der Waals surface area contributed by atoms with Gasteiger partial charge in [0.15, 0.2) is 0 Å². The summed E-state index contributed by atoms with van der Waals surface area (Å²) in [6.45, 7) is 1.42. The van der Waals surface area contributed by atoms with Crippen LogP contribution < -0.4 is 4.31 Å². The Kier molecular flexibility index (Phi) is 6.41. The molecule has 0 heterocycles. The standard InChI is InChI=1S/C15H11Cl3INO3S/c1-9(15(18)21)20(11-4-2-10(19)3-5-11)24(22,23)12-6-7-13(16)14(17)8-12/h2-9H,1H3. The lowest BCUT2D eigenvalue weighted by atomic mass is 10.3. The quantitative estimate of drug-likeness (QED) is 0.416. The molecule has 24 heavy (non-hydrogen) atoms. The number of hydrogen-bond donors (Lipinski definition) is 0. The minimum Gasteiger partial charge on any atom is -0.279 e. The van der Waals surface area contributed by atoms with Crippen molar-refractivity contribution in [3.63, 3.8) is 0 Å². The molecular weight excluding hydrogens is 507 g/mol. The van der Waals surface area contributed by atoms with Gasteiger partial charge >= 0.3 is 0 Å². The topological polar surface area (TPSA) is 54.5 Å². The van der Waals surface area contributed by atoms with Crippen LogP contribution >= 0.6 is 57.4 Å². The van der Waals surface area contributed by atoms with Crippen molar-refractivity contribution in [2.24, 2.45) is 0 Å². The fourth-order valence-corrected chi connectivity index (χ4v) is 4.52. The first kappa shape index (κ1) is 19.8. The third kappa shape index (κ3) is 4.16. The van der Waals surface area contributed by atoms with Gasteiger partial charge in [0.25, 0.3) is 10.0 Å². The zero-order chi connectivity index (χ0) is 18.1. The molecule has 0 N–H and O–H groups in total. The first-order chi connectivity index (χ1) is 11.1. The molecule has 2 rings (SSSR count). The van der Waals surface area contributed by atoms with Crippen molar-refractivity contribution < 1.29 is 13.2 Å². The molecule has 2 aromatic carbocycles. The van der Waals surface area contributed by atoms with Crippen LogP contribution in [0.2, 0.25) is 10.0 Å². The molecule has 9 heteroatoms. The highest BCUT2D eigenvalue weighted by molar-refractivity contribution is 14.1. The van der Waals surface area contributed by atoms with Crippen LogP contribution in [0.15, 0.2) is 47.4 Å². The smallest absolute Gasteiger partial charge is 0.265 e. The maximum Gasteiger partial charge on any atom is 0.265 e. The van der Waals surface area contributed by atoms with Crippen LogP contribution in [-0.4, -0.2) is 19.7 Å². The molecule has 1 unspecified atom stereocenters. The van der Waals surface area contributed by atoms with E-state index >= 15 is 0 Å². The SMILES string of the molecule is CC(C(=O)Cl)N(c1ccc(I)cc1)S(=O)(=O)c1ccc(Cl)c(Cl)c1. The minimum atomic E-state index is -4.07. The van der Waals surface area contributed by atoms with Gasteiger partial charge in [-0.05, 0) is 83.6 Å². The van der Waals surface area contributed by atoms with Gasteiger partial charge < -0.3 is 0 Å². The molecule has 0 fully saturated rings. The second-order valence-corrected chi connectivity index (χ2v) is 9.08. The Morgan fingerprint density at radius 2 is 1.67 bits per heavy atom. The van der Waals surface area contributed by atoms with Crippen molar-refractivity contribution >= 4 is 78.3 Å². The van der Waals surface area contributed by atoms with Gasteiger partial charge in [0.2, 0.25) is 5.24 Å². The van der Waals surface area contributed by atoms with E-state index in [-0.39, 0.29) is 14.9 Å². The van der Waals surface area contributed by atoms with Gasteiger partial charge in [-0.15, -0.1) is 0 Å². The summed E-state index contributed by atoms with van der Waals surface area (Å²) < 4.78 is 28.0. The summed E-state index contributed by atoms with van der Waals surface area (Å²) in [4.78, 5) is 11.6. The monoisotopic (exact) mass is 517 g/mol. The van der Waals surface area contributed by atoms with Crippen LogP contribution in [0.25, 0.3) is 0 Å².